The molecule has 0 aliphatic rings. The van der Waals surface area contributed by atoms with Crippen molar-refractivity contribution in [2.75, 3.05) is 20.2 Å². The number of amides is 1. The Kier molecular flexibility index (Phi) is 5.62. The SMILES string of the molecule is CCCOc1cn(-c2ccccc2)nc1C(=O)N(C)CC(C)(C)O. The Balaban J connectivity index is 2.32. The summed E-state index contributed by atoms with van der Waals surface area (Å²) in [6, 6.07) is 9.55. The number of para-hydroxylation sites is 1. The highest BCUT2D eigenvalue weighted by Crippen LogP contribution is 2.22. The number of ether oxygens (including phenoxy) is 1. The number of aliphatic hydroxyl groups is 1. The number of hydrogen-bond donors (Lipinski definition) is 1. The van der Waals surface area contributed by atoms with Gasteiger partial charge in [-0.25, -0.2) is 4.68 Å². The number of carbonyl (C=O) groups excluding carboxylic acids is 1. The molecule has 0 bridgehead atoms. The van der Waals surface area contributed by atoms with Crippen LogP contribution in [0.5, 0.6) is 5.75 Å². The van der Waals surface area contributed by atoms with Gasteiger partial charge in [0, 0.05) is 13.6 Å². The van der Waals surface area contributed by atoms with E-state index in [0.29, 0.717) is 12.4 Å². The topological polar surface area (TPSA) is 67.6 Å². The van der Waals surface area contributed by atoms with Crippen molar-refractivity contribution in [3.05, 3.63) is 42.2 Å². The second kappa shape index (κ2) is 7.49. The highest BCUT2D eigenvalue weighted by atomic mass is 16.5. The molecular formula is C18H25N3O3. The van der Waals surface area contributed by atoms with Gasteiger partial charge in [0.1, 0.15) is 0 Å². The Bertz CT molecular complexity index is 675. The second-order valence-corrected chi connectivity index (χ2v) is 6.44. The fourth-order valence-corrected chi connectivity index (χ4v) is 2.37. The van der Waals surface area contributed by atoms with Crippen molar-refractivity contribution in [2.45, 2.75) is 32.8 Å². The normalized spacial score (nSPS) is 11.4. The van der Waals surface area contributed by atoms with E-state index in [-0.39, 0.29) is 18.1 Å². The van der Waals surface area contributed by atoms with Crippen molar-refractivity contribution in [2.24, 2.45) is 0 Å². The van der Waals surface area contributed by atoms with Crippen LogP contribution in [0, 0.1) is 0 Å². The fraction of sp³-hybridized carbons (Fsp3) is 0.444. The van der Waals surface area contributed by atoms with E-state index in [0.717, 1.165) is 12.1 Å². The summed E-state index contributed by atoms with van der Waals surface area (Å²) in [7, 11) is 1.64. The molecule has 0 radical (unpaired) electrons. The summed E-state index contributed by atoms with van der Waals surface area (Å²) >= 11 is 0. The van der Waals surface area contributed by atoms with Gasteiger partial charge >= 0.3 is 0 Å². The first-order chi connectivity index (χ1) is 11.3. The van der Waals surface area contributed by atoms with E-state index in [1.54, 1.807) is 31.8 Å². The Morgan fingerprint density at radius 1 is 1.33 bits per heavy atom. The zero-order chi connectivity index (χ0) is 17.7. The zero-order valence-electron chi connectivity index (χ0n) is 14.7. The van der Waals surface area contributed by atoms with Gasteiger partial charge in [-0.2, -0.15) is 5.10 Å². The van der Waals surface area contributed by atoms with Crippen molar-refractivity contribution >= 4 is 5.91 Å². The number of hydrogen-bond acceptors (Lipinski definition) is 4. The number of rotatable bonds is 7. The molecule has 6 heteroatoms. The highest BCUT2D eigenvalue weighted by Gasteiger charge is 2.25. The molecule has 1 aromatic carbocycles. The number of nitrogens with zero attached hydrogens (tertiary/aromatic N) is 3. The van der Waals surface area contributed by atoms with Crippen molar-refractivity contribution in [1.29, 1.82) is 0 Å². The third-order valence-corrected chi connectivity index (χ3v) is 3.34. The largest absolute Gasteiger partial charge is 0.489 e. The van der Waals surface area contributed by atoms with Crippen LogP contribution in [0.4, 0.5) is 0 Å². The second-order valence-electron chi connectivity index (χ2n) is 6.44. The lowest BCUT2D eigenvalue weighted by Gasteiger charge is -2.25. The Morgan fingerprint density at radius 3 is 2.58 bits per heavy atom. The molecule has 1 heterocycles. The predicted molar refractivity (Wildman–Crippen MR) is 92.6 cm³/mol. The minimum atomic E-state index is -0.975. The molecule has 2 aromatic rings. The minimum absolute atomic E-state index is 0.206. The third kappa shape index (κ3) is 4.58. The summed E-state index contributed by atoms with van der Waals surface area (Å²) in [4.78, 5) is 14.2. The average molecular weight is 331 g/mol. The third-order valence-electron chi connectivity index (χ3n) is 3.34. The quantitative estimate of drug-likeness (QED) is 0.846. The van der Waals surface area contributed by atoms with Crippen LogP contribution in [0.15, 0.2) is 36.5 Å². The monoisotopic (exact) mass is 331 g/mol. The highest BCUT2D eigenvalue weighted by molar-refractivity contribution is 5.94. The van der Waals surface area contributed by atoms with Gasteiger partial charge in [0.25, 0.3) is 5.91 Å². The van der Waals surface area contributed by atoms with Gasteiger partial charge in [-0.15, -0.1) is 0 Å². The number of carbonyl (C=O) groups is 1. The molecule has 6 nitrogen and oxygen atoms in total. The number of benzene rings is 1. The lowest BCUT2D eigenvalue weighted by Crippen LogP contribution is -2.40. The van der Waals surface area contributed by atoms with E-state index in [4.69, 9.17) is 4.74 Å². The molecule has 1 amide bonds. The van der Waals surface area contributed by atoms with Crippen LogP contribution in [-0.4, -0.2) is 51.5 Å². The van der Waals surface area contributed by atoms with E-state index in [1.807, 2.05) is 37.3 Å². The Labute approximate surface area is 142 Å². The molecule has 0 saturated carbocycles. The smallest absolute Gasteiger partial charge is 0.278 e. The first kappa shape index (κ1) is 18.0. The summed E-state index contributed by atoms with van der Waals surface area (Å²) in [6.07, 6.45) is 2.56. The summed E-state index contributed by atoms with van der Waals surface area (Å²) in [5.41, 5.74) is 0.124. The van der Waals surface area contributed by atoms with Crippen molar-refractivity contribution in [3.8, 4) is 11.4 Å². The van der Waals surface area contributed by atoms with Crippen LogP contribution in [0.2, 0.25) is 0 Å². The maximum absolute atomic E-state index is 12.7. The molecule has 0 unspecified atom stereocenters. The molecule has 0 spiro atoms. The van der Waals surface area contributed by atoms with Crippen LogP contribution in [-0.2, 0) is 0 Å². The predicted octanol–water partition coefficient (Wildman–Crippen LogP) is 2.50. The molecule has 0 aliphatic carbocycles. The van der Waals surface area contributed by atoms with Crippen LogP contribution in [0.1, 0.15) is 37.7 Å². The molecule has 1 N–H and O–H groups in total. The molecule has 0 aliphatic heterocycles. The molecular weight excluding hydrogens is 306 g/mol. The van der Waals surface area contributed by atoms with Gasteiger partial charge in [0.2, 0.25) is 0 Å². The average Bonchev–Trinajstić information content (AvgIpc) is 2.95. The molecule has 24 heavy (non-hydrogen) atoms. The van der Waals surface area contributed by atoms with Crippen LogP contribution in [0.3, 0.4) is 0 Å². The lowest BCUT2D eigenvalue weighted by molar-refractivity contribution is 0.0362. The van der Waals surface area contributed by atoms with Gasteiger partial charge < -0.3 is 14.7 Å². The van der Waals surface area contributed by atoms with E-state index in [2.05, 4.69) is 5.10 Å². The van der Waals surface area contributed by atoms with Gasteiger partial charge in [0.15, 0.2) is 11.4 Å². The Morgan fingerprint density at radius 2 is 2.00 bits per heavy atom. The number of aromatic nitrogens is 2. The summed E-state index contributed by atoms with van der Waals surface area (Å²) in [5.74, 6) is 0.172. The van der Waals surface area contributed by atoms with E-state index >= 15 is 0 Å². The van der Waals surface area contributed by atoms with Gasteiger partial charge in [-0.05, 0) is 32.4 Å². The molecule has 0 fully saturated rings. The minimum Gasteiger partial charge on any atom is -0.489 e. The fourth-order valence-electron chi connectivity index (χ4n) is 2.37. The molecule has 2 rings (SSSR count). The summed E-state index contributed by atoms with van der Waals surface area (Å²) < 4.78 is 7.33. The first-order valence-corrected chi connectivity index (χ1v) is 8.07. The Hall–Kier alpha value is -2.34. The van der Waals surface area contributed by atoms with E-state index < -0.39 is 5.60 Å². The maximum atomic E-state index is 12.7. The van der Waals surface area contributed by atoms with Crippen LogP contribution in [0.25, 0.3) is 5.69 Å². The lowest BCUT2D eigenvalue weighted by atomic mass is 10.1. The van der Waals surface area contributed by atoms with Crippen molar-refractivity contribution < 1.29 is 14.6 Å². The van der Waals surface area contributed by atoms with Gasteiger partial charge in [-0.3, -0.25) is 4.79 Å². The summed E-state index contributed by atoms with van der Waals surface area (Å²) in [6.45, 7) is 6.04. The van der Waals surface area contributed by atoms with Crippen LogP contribution < -0.4 is 4.74 Å². The molecule has 1 aromatic heterocycles. The molecule has 130 valence electrons. The van der Waals surface area contributed by atoms with Gasteiger partial charge in [0.05, 0.1) is 24.1 Å². The van der Waals surface area contributed by atoms with Crippen molar-refractivity contribution in [1.82, 2.24) is 14.7 Å². The summed E-state index contributed by atoms with van der Waals surface area (Å²) in [5, 5.41) is 14.3. The van der Waals surface area contributed by atoms with E-state index in [9.17, 15) is 9.90 Å². The number of likely N-dealkylation sites (N-methyl/N-ethyl adjacent to an activating group) is 1. The van der Waals surface area contributed by atoms with E-state index in [1.165, 1.54) is 4.90 Å². The standard InChI is InChI=1S/C18H25N3O3/c1-5-11-24-15-12-21(14-9-7-6-8-10-14)19-16(15)17(22)20(4)13-18(2,3)23/h6-10,12,23H,5,11,13H2,1-4H3. The zero-order valence-corrected chi connectivity index (χ0v) is 14.7. The maximum Gasteiger partial charge on any atom is 0.278 e. The first-order valence-electron chi connectivity index (χ1n) is 8.07. The van der Waals surface area contributed by atoms with Crippen LogP contribution >= 0.6 is 0 Å². The van der Waals surface area contributed by atoms with Crippen molar-refractivity contribution in [3.63, 3.8) is 0 Å². The molecule has 0 saturated heterocycles. The molecule has 0 atom stereocenters. The van der Waals surface area contributed by atoms with Gasteiger partial charge in [-0.1, -0.05) is 25.1 Å².